The van der Waals surface area contributed by atoms with E-state index in [1.165, 1.54) is 10.4 Å². The van der Waals surface area contributed by atoms with Crippen LogP contribution in [0.25, 0.3) is 0 Å². The Morgan fingerprint density at radius 2 is 2.22 bits per heavy atom. The summed E-state index contributed by atoms with van der Waals surface area (Å²) in [4.78, 5) is 3.84. The topological polar surface area (TPSA) is 23.5 Å². The molecule has 0 spiro atoms. The van der Waals surface area contributed by atoms with Gasteiger partial charge in [0.2, 0.25) is 0 Å². The maximum absolute atomic E-state index is 9.13. The van der Waals surface area contributed by atoms with Crippen molar-refractivity contribution in [2.24, 2.45) is 0 Å². The lowest BCUT2D eigenvalue weighted by Gasteiger charge is -2.29. The molecule has 1 aromatic heterocycles. The Hall–Kier alpha value is -1.03. The lowest BCUT2D eigenvalue weighted by Crippen LogP contribution is -2.29. The van der Waals surface area contributed by atoms with E-state index in [1.807, 2.05) is 29.5 Å². The van der Waals surface area contributed by atoms with Gasteiger partial charge in [-0.2, -0.15) is 0 Å². The molecule has 2 aromatic rings. The fraction of sp³-hybridized carbons (Fsp3) is 0.286. The number of benzene rings is 1. The minimum atomic E-state index is -0.00616. The van der Waals surface area contributed by atoms with Crippen molar-refractivity contribution >= 4 is 28.6 Å². The van der Waals surface area contributed by atoms with Gasteiger partial charge in [-0.1, -0.05) is 17.7 Å². The molecule has 2 heterocycles. The number of nitrogens with zero attached hydrogens (tertiary/aromatic N) is 1. The molecule has 0 fully saturated rings. The van der Waals surface area contributed by atoms with Gasteiger partial charge in [-0.15, -0.1) is 11.3 Å². The number of halogens is 1. The summed E-state index contributed by atoms with van der Waals surface area (Å²) >= 11 is 7.99. The van der Waals surface area contributed by atoms with Crippen molar-refractivity contribution in [2.75, 3.05) is 11.4 Å². The van der Waals surface area contributed by atoms with Crippen molar-refractivity contribution in [3.8, 4) is 0 Å². The molecule has 0 unspecified atom stereocenters. The van der Waals surface area contributed by atoms with Crippen molar-refractivity contribution in [3.05, 3.63) is 50.7 Å². The lowest BCUT2D eigenvalue weighted by atomic mass is 10.1. The summed E-state index contributed by atoms with van der Waals surface area (Å²) in [6.07, 6.45) is 1.10. The molecule has 0 amide bonds. The van der Waals surface area contributed by atoms with E-state index in [1.54, 1.807) is 0 Å². The first-order chi connectivity index (χ1) is 8.78. The zero-order valence-electron chi connectivity index (χ0n) is 9.90. The Morgan fingerprint density at radius 1 is 1.33 bits per heavy atom. The van der Waals surface area contributed by atoms with Crippen LogP contribution in [0.4, 0.5) is 5.69 Å². The number of aliphatic hydroxyl groups is 1. The highest BCUT2D eigenvalue weighted by atomic mass is 35.5. The zero-order valence-corrected chi connectivity index (χ0v) is 11.5. The third-order valence-corrected chi connectivity index (χ3v) is 4.75. The van der Waals surface area contributed by atoms with Gasteiger partial charge in [0.05, 0.1) is 6.61 Å². The predicted octanol–water partition coefficient (Wildman–Crippen LogP) is 3.46. The van der Waals surface area contributed by atoms with E-state index in [9.17, 15) is 0 Å². The van der Waals surface area contributed by atoms with Crippen LogP contribution in [-0.4, -0.2) is 11.7 Å². The zero-order chi connectivity index (χ0) is 12.5. The molecule has 0 bridgehead atoms. The largest absolute Gasteiger partial charge is 0.392 e. The molecule has 4 heteroatoms. The van der Waals surface area contributed by atoms with Crippen LogP contribution in [0.2, 0.25) is 5.02 Å². The van der Waals surface area contributed by atoms with Gasteiger partial charge in [0.15, 0.2) is 0 Å². The fourth-order valence-electron chi connectivity index (χ4n) is 2.33. The second kappa shape index (κ2) is 4.92. The van der Waals surface area contributed by atoms with E-state index < -0.39 is 0 Å². The lowest BCUT2D eigenvalue weighted by molar-refractivity contribution is 0.282. The summed E-state index contributed by atoms with van der Waals surface area (Å²) in [6, 6.07) is 8.09. The van der Waals surface area contributed by atoms with Crippen molar-refractivity contribution in [1.29, 1.82) is 0 Å². The molecule has 0 aliphatic carbocycles. The van der Waals surface area contributed by atoms with Crippen LogP contribution in [0.1, 0.15) is 16.0 Å². The summed E-state index contributed by atoms with van der Waals surface area (Å²) in [6.45, 7) is 1.98. The Labute approximate surface area is 115 Å². The fourth-order valence-corrected chi connectivity index (χ4v) is 3.45. The van der Waals surface area contributed by atoms with Gasteiger partial charge in [0, 0.05) is 28.7 Å². The Bertz CT molecular complexity index is 567. The summed E-state index contributed by atoms with van der Waals surface area (Å²) in [5, 5.41) is 11.9. The number of anilines is 1. The number of hydrogen-bond donors (Lipinski definition) is 1. The molecule has 0 saturated heterocycles. The van der Waals surface area contributed by atoms with E-state index in [-0.39, 0.29) is 6.61 Å². The third-order valence-electron chi connectivity index (χ3n) is 3.38. The standard InChI is InChI=1S/C14H14ClNOS/c15-13-7-12(2-1-11(13)9-17)16-5-3-14-10(8-16)4-6-18-14/h1-2,4,6-7,17H,3,5,8-9H2. The minimum absolute atomic E-state index is 0.00616. The number of aliphatic hydroxyl groups excluding tert-OH is 1. The first-order valence-electron chi connectivity index (χ1n) is 5.97. The number of thiophene rings is 1. The molecule has 3 rings (SSSR count). The van der Waals surface area contributed by atoms with E-state index in [2.05, 4.69) is 16.3 Å². The monoisotopic (exact) mass is 279 g/mol. The van der Waals surface area contributed by atoms with E-state index >= 15 is 0 Å². The van der Waals surface area contributed by atoms with Gasteiger partial charge in [-0.05, 0) is 41.1 Å². The number of fused-ring (bicyclic) bond motifs is 1. The summed E-state index contributed by atoms with van der Waals surface area (Å²) < 4.78 is 0. The molecule has 0 radical (unpaired) electrons. The third kappa shape index (κ3) is 2.14. The van der Waals surface area contributed by atoms with E-state index in [0.29, 0.717) is 5.02 Å². The molecule has 0 saturated carbocycles. The van der Waals surface area contributed by atoms with Gasteiger partial charge >= 0.3 is 0 Å². The van der Waals surface area contributed by atoms with Crippen LogP contribution in [-0.2, 0) is 19.6 Å². The van der Waals surface area contributed by atoms with Crippen LogP contribution in [0.15, 0.2) is 29.6 Å². The van der Waals surface area contributed by atoms with Gasteiger partial charge in [0.25, 0.3) is 0 Å². The van der Waals surface area contributed by atoms with Crippen molar-refractivity contribution in [3.63, 3.8) is 0 Å². The summed E-state index contributed by atoms with van der Waals surface area (Å²) in [7, 11) is 0. The predicted molar refractivity (Wildman–Crippen MR) is 76.4 cm³/mol. The molecule has 0 atom stereocenters. The smallest absolute Gasteiger partial charge is 0.0696 e. The second-order valence-corrected chi connectivity index (χ2v) is 5.88. The van der Waals surface area contributed by atoms with Crippen LogP contribution in [0, 0.1) is 0 Å². The maximum Gasteiger partial charge on any atom is 0.0696 e. The number of rotatable bonds is 2. The first kappa shape index (κ1) is 12.0. The SMILES string of the molecule is OCc1ccc(N2CCc3sccc3C2)cc1Cl. The Balaban J connectivity index is 1.86. The average molecular weight is 280 g/mol. The Kier molecular flexibility index (Phi) is 3.29. The van der Waals surface area contributed by atoms with Crippen LogP contribution < -0.4 is 4.90 Å². The van der Waals surface area contributed by atoms with Gasteiger partial charge in [-0.25, -0.2) is 0 Å². The van der Waals surface area contributed by atoms with E-state index in [0.717, 1.165) is 30.8 Å². The van der Waals surface area contributed by atoms with Crippen LogP contribution in [0.5, 0.6) is 0 Å². The molecule has 1 aromatic carbocycles. The van der Waals surface area contributed by atoms with Gasteiger partial charge in [0.1, 0.15) is 0 Å². The Morgan fingerprint density at radius 3 is 3.00 bits per heavy atom. The van der Waals surface area contributed by atoms with E-state index in [4.69, 9.17) is 16.7 Å². The molecule has 94 valence electrons. The molecule has 2 nitrogen and oxygen atoms in total. The molecule has 1 N–H and O–H groups in total. The average Bonchev–Trinajstić information content (AvgIpc) is 2.85. The van der Waals surface area contributed by atoms with Crippen LogP contribution in [0.3, 0.4) is 0 Å². The molecular formula is C14H14ClNOS. The minimum Gasteiger partial charge on any atom is -0.392 e. The summed E-state index contributed by atoms with van der Waals surface area (Å²) in [5.41, 5.74) is 3.34. The molecule has 18 heavy (non-hydrogen) atoms. The first-order valence-corrected chi connectivity index (χ1v) is 7.23. The highest BCUT2D eigenvalue weighted by molar-refractivity contribution is 7.10. The maximum atomic E-state index is 9.13. The normalized spacial score (nSPS) is 14.7. The van der Waals surface area contributed by atoms with Crippen molar-refractivity contribution in [1.82, 2.24) is 0 Å². The highest BCUT2D eigenvalue weighted by Crippen LogP contribution is 2.30. The van der Waals surface area contributed by atoms with Gasteiger partial charge < -0.3 is 10.0 Å². The molecular weight excluding hydrogens is 266 g/mol. The number of hydrogen-bond acceptors (Lipinski definition) is 3. The quantitative estimate of drug-likeness (QED) is 0.910. The molecule has 1 aliphatic rings. The van der Waals surface area contributed by atoms with Crippen LogP contribution >= 0.6 is 22.9 Å². The van der Waals surface area contributed by atoms with Crippen molar-refractivity contribution in [2.45, 2.75) is 19.6 Å². The molecule has 1 aliphatic heterocycles. The summed E-state index contributed by atoms with van der Waals surface area (Å²) in [5.74, 6) is 0. The highest BCUT2D eigenvalue weighted by Gasteiger charge is 2.17. The van der Waals surface area contributed by atoms with Crippen molar-refractivity contribution < 1.29 is 5.11 Å². The second-order valence-electron chi connectivity index (χ2n) is 4.47. The van der Waals surface area contributed by atoms with Gasteiger partial charge in [-0.3, -0.25) is 0 Å².